The third-order valence-electron chi connectivity index (χ3n) is 3.34. The number of halogens is 1. The molecule has 6 nitrogen and oxygen atoms in total. The average molecular weight is 363 g/mol. The van der Waals surface area contributed by atoms with E-state index in [0.717, 1.165) is 5.56 Å². The van der Waals surface area contributed by atoms with Crippen molar-refractivity contribution in [3.8, 4) is 5.75 Å². The SMILES string of the molecule is Cc1ccc(OC(C)C(=O)OC(C)C(=O)Nc2cccnc2Cl)cc1. The first-order chi connectivity index (χ1) is 11.9. The van der Waals surface area contributed by atoms with E-state index < -0.39 is 24.1 Å². The molecule has 2 atom stereocenters. The molecule has 0 fully saturated rings. The van der Waals surface area contributed by atoms with Crippen LogP contribution in [0, 0.1) is 6.92 Å². The Morgan fingerprint density at radius 3 is 2.44 bits per heavy atom. The molecule has 1 amide bonds. The van der Waals surface area contributed by atoms with Crippen molar-refractivity contribution in [3.05, 3.63) is 53.3 Å². The van der Waals surface area contributed by atoms with Crippen molar-refractivity contribution >= 4 is 29.2 Å². The quantitative estimate of drug-likeness (QED) is 0.629. The lowest BCUT2D eigenvalue weighted by Crippen LogP contribution is -2.35. The molecule has 132 valence electrons. The lowest BCUT2D eigenvalue weighted by Gasteiger charge is -2.18. The molecule has 0 bridgehead atoms. The number of ether oxygens (including phenoxy) is 2. The second kappa shape index (κ2) is 8.48. The lowest BCUT2D eigenvalue weighted by atomic mass is 10.2. The van der Waals surface area contributed by atoms with Crippen LogP contribution in [0.25, 0.3) is 0 Å². The van der Waals surface area contributed by atoms with Gasteiger partial charge in [0.1, 0.15) is 5.75 Å². The number of anilines is 1. The van der Waals surface area contributed by atoms with E-state index in [-0.39, 0.29) is 5.15 Å². The van der Waals surface area contributed by atoms with Gasteiger partial charge in [-0.2, -0.15) is 0 Å². The number of nitrogens with one attached hydrogen (secondary N) is 1. The minimum Gasteiger partial charge on any atom is -0.479 e. The normalized spacial score (nSPS) is 12.8. The maximum absolute atomic E-state index is 12.1. The van der Waals surface area contributed by atoms with Crippen LogP contribution in [0.2, 0.25) is 5.15 Å². The van der Waals surface area contributed by atoms with Crippen molar-refractivity contribution < 1.29 is 19.1 Å². The molecule has 25 heavy (non-hydrogen) atoms. The number of carbonyl (C=O) groups excluding carboxylic acids is 2. The van der Waals surface area contributed by atoms with Gasteiger partial charge in [0.05, 0.1) is 5.69 Å². The van der Waals surface area contributed by atoms with E-state index in [1.807, 2.05) is 19.1 Å². The lowest BCUT2D eigenvalue weighted by molar-refractivity contribution is -0.159. The second-order valence-corrected chi connectivity index (χ2v) is 5.84. The third-order valence-corrected chi connectivity index (χ3v) is 3.65. The molecule has 2 unspecified atom stereocenters. The van der Waals surface area contributed by atoms with E-state index in [0.29, 0.717) is 11.4 Å². The van der Waals surface area contributed by atoms with E-state index in [1.165, 1.54) is 13.1 Å². The smallest absolute Gasteiger partial charge is 0.347 e. The molecule has 0 radical (unpaired) electrons. The average Bonchev–Trinajstić information content (AvgIpc) is 2.58. The maximum atomic E-state index is 12.1. The van der Waals surface area contributed by atoms with Crippen LogP contribution in [-0.2, 0) is 14.3 Å². The molecule has 0 aliphatic heterocycles. The van der Waals surface area contributed by atoms with Crippen LogP contribution in [0.3, 0.4) is 0 Å². The number of carbonyl (C=O) groups is 2. The first-order valence-electron chi connectivity index (χ1n) is 7.72. The zero-order valence-corrected chi connectivity index (χ0v) is 14.9. The van der Waals surface area contributed by atoms with Crippen molar-refractivity contribution in [3.63, 3.8) is 0 Å². The predicted molar refractivity (Wildman–Crippen MR) is 94.7 cm³/mol. The van der Waals surface area contributed by atoms with E-state index in [9.17, 15) is 9.59 Å². The monoisotopic (exact) mass is 362 g/mol. The number of amides is 1. The van der Waals surface area contributed by atoms with Gasteiger partial charge in [0, 0.05) is 6.20 Å². The highest BCUT2D eigenvalue weighted by molar-refractivity contribution is 6.32. The van der Waals surface area contributed by atoms with Gasteiger partial charge in [-0.05, 0) is 45.0 Å². The number of benzene rings is 1. The van der Waals surface area contributed by atoms with E-state index in [2.05, 4.69) is 10.3 Å². The predicted octanol–water partition coefficient (Wildman–Crippen LogP) is 3.38. The summed E-state index contributed by atoms with van der Waals surface area (Å²) in [6.45, 7) is 4.98. The molecule has 0 aliphatic carbocycles. The van der Waals surface area contributed by atoms with Crippen LogP contribution in [0.4, 0.5) is 5.69 Å². The summed E-state index contributed by atoms with van der Waals surface area (Å²) < 4.78 is 10.7. The van der Waals surface area contributed by atoms with Gasteiger partial charge >= 0.3 is 5.97 Å². The van der Waals surface area contributed by atoms with Crippen LogP contribution >= 0.6 is 11.6 Å². The van der Waals surface area contributed by atoms with Crippen LogP contribution < -0.4 is 10.1 Å². The maximum Gasteiger partial charge on any atom is 0.347 e. The van der Waals surface area contributed by atoms with Crippen molar-refractivity contribution in [1.82, 2.24) is 4.98 Å². The van der Waals surface area contributed by atoms with Gasteiger partial charge in [0.15, 0.2) is 17.4 Å². The standard InChI is InChI=1S/C18H19ClN2O4/c1-11-6-8-14(9-7-11)24-13(3)18(23)25-12(2)17(22)21-15-5-4-10-20-16(15)19/h4-10,12-13H,1-3H3,(H,21,22). The minimum atomic E-state index is -1.01. The first-order valence-corrected chi connectivity index (χ1v) is 8.10. The fourth-order valence-corrected chi connectivity index (χ4v) is 2.07. The van der Waals surface area contributed by atoms with E-state index >= 15 is 0 Å². The molecular weight excluding hydrogens is 344 g/mol. The van der Waals surface area contributed by atoms with Gasteiger partial charge in [-0.3, -0.25) is 4.79 Å². The topological polar surface area (TPSA) is 77.5 Å². The Hall–Kier alpha value is -2.60. The summed E-state index contributed by atoms with van der Waals surface area (Å²) in [5, 5.41) is 2.72. The van der Waals surface area contributed by atoms with Gasteiger partial charge < -0.3 is 14.8 Å². The number of rotatable bonds is 6. The summed E-state index contributed by atoms with van der Waals surface area (Å²) in [7, 11) is 0. The largest absolute Gasteiger partial charge is 0.479 e. The second-order valence-electron chi connectivity index (χ2n) is 5.48. The summed E-state index contributed by atoms with van der Waals surface area (Å²) in [6, 6.07) is 10.5. The molecule has 0 aliphatic rings. The van der Waals surface area contributed by atoms with Crippen molar-refractivity contribution in [2.75, 3.05) is 5.32 Å². The highest BCUT2D eigenvalue weighted by Crippen LogP contribution is 2.18. The number of aromatic nitrogens is 1. The van der Waals surface area contributed by atoms with Crippen molar-refractivity contribution in [2.45, 2.75) is 33.0 Å². The zero-order chi connectivity index (χ0) is 18.4. The molecule has 2 rings (SSSR count). The number of hydrogen-bond acceptors (Lipinski definition) is 5. The van der Waals surface area contributed by atoms with Crippen LogP contribution in [0.1, 0.15) is 19.4 Å². The Balaban J connectivity index is 1.89. The van der Waals surface area contributed by atoms with Gasteiger partial charge in [-0.1, -0.05) is 29.3 Å². The summed E-state index contributed by atoms with van der Waals surface area (Å²) in [6.07, 6.45) is -0.348. The summed E-state index contributed by atoms with van der Waals surface area (Å²) in [4.78, 5) is 28.0. The Kier molecular flexibility index (Phi) is 6.36. The zero-order valence-electron chi connectivity index (χ0n) is 14.2. The molecule has 0 saturated heterocycles. The van der Waals surface area contributed by atoms with Gasteiger partial charge in [0.2, 0.25) is 0 Å². The van der Waals surface area contributed by atoms with Gasteiger partial charge in [0.25, 0.3) is 5.91 Å². The Bertz CT molecular complexity index is 749. The molecule has 7 heteroatoms. The Morgan fingerprint density at radius 2 is 1.80 bits per heavy atom. The fraction of sp³-hybridized carbons (Fsp3) is 0.278. The van der Waals surface area contributed by atoms with Crippen molar-refractivity contribution in [2.24, 2.45) is 0 Å². The molecule has 2 aromatic rings. The molecular formula is C18H19ClN2O4. The van der Waals surface area contributed by atoms with Crippen LogP contribution in [0.5, 0.6) is 5.75 Å². The number of hydrogen-bond donors (Lipinski definition) is 1. The van der Waals surface area contributed by atoms with Crippen molar-refractivity contribution in [1.29, 1.82) is 0 Å². The Morgan fingerprint density at radius 1 is 1.12 bits per heavy atom. The molecule has 1 aromatic heterocycles. The van der Waals surface area contributed by atoms with E-state index in [1.54, 1.807) is 31.2 Å². The van der Waals surface area contributed by atoms with Gasteiger partial charge in [-0.25, -0.2) is 9.78 Å². The molecule has 0 saturated carbocycles. The first kappa shape index (κ1) is 18.7. The number of pyridine rings is 1. The third kappa shape index (κ3) is 5.46. The number of esters is 1. The minimum absolute atomic E-state index is 0.158. The Labute approximate surface area is 151 Å². The van der Waals surface area contributed by atoms with Crippen LogP contribution in [0.15, 0.2) is 42.6 Å². The number of nitrogens with zero attached hydrogens (tertiary/aromatic N) is 1. The summed E-state index contributed by atoms with van der Waals surface area (Å²) in [5.74, 6) is -0.597. The molecule has 0 spiro atoms. The highest BCUT2D eigenvalue weighted by atomic mass is 35.5. The number of aryl methyl sites for hydroxylation is 1. The highest BCUT2D eigenvalue weighted by Gasteiger charge is 2.23. The summed E-state index contributed by atoms with van der Waals surface area (Å²) >= 11 is 5.88. The summed E-state index contributed by atoms with van der Waals surface area (Å²) in [5.41, 5.74) is 1.43. The molecule has 1 heterocycles. The van der Waals surface area contributed by atoms with E-state index in [4.69, 9.17) is 21.1 Å². The van der Waals surface area contributed by atoms with Crippen LogP contribution in [-0.4, -0.2) is 29.1 Å². The fourth-order valence-electron chi connectivity index (χ4n) is 1.91. The molecule has 1 aromatic carbocycles. The van der Waals surface area contributed by atoms with Gasteiger partial charge in [-0.15, -0.1) is 0 Å². The molecule has 1 N–H and O–H groups in total.